The number of rotatable bonds is 12. The summed E-state index contributed by atoms with van der Waals surface area (Å²) in [6, 6.07) is 2.33. The van der Waals surface area contributed by atoms with Gasteiger partial charge in [-0.05, 0) is 45.1 Å². The molecule has 5 rings (SSSR count). The average Bonchev–Trinajstić information content (AvgIpc) is 4.06. The van der Waals surface area contributed by atoms with E-state index in [1.807, 2.05) is 0 Å². The number of aliphatic hydroxyl groups is 1. The molecule has 346 valence electrons. The van der Waals surface area contributed by atoms with Gasteiger partial charge in [0.1, 0.15) is 54.3 Å². The fourth-order valence-corrected chi connectivity index (χ4v) is 7.90. The molecule has 1 aromatic rings. The Labute approximate surface area is 377 Å². The summed E-state index contributed by atoms with van der Waals surface area (Å²) in [6.45, 7) is 2.83. The van der Waals surface area contributed by atoms with E-state index in [9.17, 15) is 48.3 Å². The second kappa shape index (κ2) is 23.0. The monoisotopic (exact) mass is 895 g/mol. The maximum absolute atomic E-state index is 14.6. The molecule has 4 N–H and O–H groups in total. The van der Waals surface area contributed by atoms with Crippen LogP contribution in [0.1, 0.15) is 57.9 Å². The largest absolute Gasteiger partial charge is 0.510 e. The highest BCUT2D eigenvalue weighted by Crippen LogP contribution is 2.25. The van der Waals surface area contributed by atoms with Gasteiger partial charge in [-0.2, -0.15) is 0 Å². The lowest BCUT2D eigenvalue weighted by Gasteiger charge is -2.36. The molecule has 4 aliphatic rings. The van der Waals surface area contributed by atoms with Crippen LogP contribution in [-0.2, 0) is 54.3 Å². The Morgan fingerprint density at radius 1 is 0.815 bits per heavy atom. The van der Waals surface area contributed by atoms with E-state index in [1.54, 1.807) is 66.8 Å². The molecule has 18 nitrogen and oxygen atoms in total. The number of hydrogen-bond donors (Lipinski definition) is 4. The number of cyclic esters (lactones) is 1. The molecular weight excluding hydrogens is 839 g/mol. The van der Waals surface area contributed by atoms with E-state index < -0.39 is 90.2 Å². The van der Waals surface area contributed by atoms with Gasteiger partial charge in [0.05, 0.1) is 0 Å². The number of Topliss-reactive ketones (excluding diaryl/α,β-unsaturated/α-hetero) is 1. The molecule has 3 fully saturated rings. The van der Waals surface area contributed by atoms with Crippen molar-refractivity contribution in [3.63, 3.8) is 0 Å². The molecule has 0 spiro atoms. The molecule has 0 aromatic heterocycles. The van der Waals surface area contributed by atoms with Crippen molar-refractivity contribution in [2.75, 3.05) is 33.8 Å². The third kappa shape index (κ3) is 12.8. The number of nitrogens with one attached hydrogen (secondary N) is 3. The first-order valence-electron chi connectivity index (χ1n) is 21.7. The lowest BCUT2D eigenvalue weighted by atomic mass is 10.0. The number of allylic oxidation sites excluding steroid dienone is 10. The van der Waals surface area contributed by atoms with Crippen molar-refractivity contribution >= 4 is 53.1 Å². The highest BCUT2D eigenvalue weighted by molar-refractivity contribution is 6.03. The smallest absolute Gasteiger partial charge is 0.328 e. The zero-order chi connectivity index (χ0) is 47.2. The number of fused-ring (bicyclic) bond motifs is 2. The van der Waals surface area contributed by atoms with E-state index >= 15 is 0 Å². The lowest BCUT2D eigenvalue weighted by molar-refractivity contribution is -0.161. The Bertz CT molecular complexity index is 2200. The molecule has 2 unspecified atom stereocenters. The van der Waals surface area contributed by atoms with Crippen LogP contribution in [0.4, 0.5) is 0 Å². The highest BCUT2D eigenvalue weighted by Gasteiger charge is 2.45. The fourth-order valence-electron chi connectivity index (χ4n) is 7.90. The summed E-state index contributed by atoms with van der Waals surface area (Å²) in [5.74, 6) is -5.34. The van der Waals surface area contributed by atoms with Gasteiger partial charge in [-0.3, -0.25) is 38.4 Å². The van der Waals surface area contributed by atoms with Gasteiger partial charge < -0.3 is 45.4 Å². The second-order valence-corrected chi connectivity index (χ2v) is 16.2. The molecule has 7 amide bonds. The lowest BCUT2D eigenvalue weighted by Crippen LogP contribution is -2.60. The number of nitrogens with zero attached hydrogens (tertiary/aromatic N) is 4. The van der Waals surface area contributed by atoms with Gasteiger partial charge in [-0.15, -0.1) is 0 Å². The van der Waals surface area contributed by atoms with Crippen molar-refractivity contribution in [1.29, 1.82) is 0 Å². The van der Waals surface area contributed by atoms with E-state index in [0.717, 1.165) is 4.90 Å². The molecule has 3 aliphatic heterocycles. The number of carbonyl (C=O) groups is 9. The maximum atomic E-state index is 14.6. The number of carbonyl (C=O) groups excluding carboxylic acids is 9. The molecule has 18 heteroatoms. The molecule has 3 heterocycles. The minimum absolute atomic E-state index is 0.0384. The quantitative estimate of drug-likeness (QED) is 0.133. The normalized spacial score (nSPS) is 24.4. The first kappa shape index (κ1) is 48.9. The van der Waals surface area contributed by atoms with Crippen molar-refractivity contribution < 1.29 is 53.0 Å². The van der Waals surface area contributed by atoms with Gasteiger partial charge in [0.25, 0.3) is 0 Å². The molecule has 1 aliphatic carbocycles. The zero-order valence-corrected chi connectivity index (χ0v) is 37.0. The summed E-state index contributed by atoms with van der Waals surface area (Å²) < 4.78 is 5.75. The third-order valence-corrected chi connectivity index (χ3v) is 11.7. The fraction of sp³-hybridized carbons (Fsp3) is 0.426. The Balaban J connectivity index is 1.30. The van der Waals surface area contributed by atoms with E-state index in [-0.39, 0.29) is 56.0 Å². The first-order valence-corrected chi connectivity index (χ1v) is 21.7. The Morgan fingerprint density at radius 2 is 1.40 bits per heavy atom. The van der Waals surface area contributed by atoms with Crippen molar-refractivity contribution in [3.8, 4) is 0 Å². The predicted molar refractivity (Wildman–Crippen MR) is 237 cm³/mol. The summed E-state index contributed by atoms with van der Waals surface area (Å²) in [7, 11) is 2.82. The minimum atomic E-state index is -1.43. The van der Waals surface area contributed by atoms with Crippen molar-refractivity contribution in [2.45, 2.75) is 95.0 Å². The van der Waals surface area contributed by atoms with Gasteiger partial charge in [-0.25, -0.2) is 4.79 Å². The second-order valence-electron chi connectivity index (χ2n) is 16.2. The average molecular weight is 896 g/mol. The minimum Gasteiger partial charge on any atom is -0.510 e. The first-order chi connectivity index (χ1) is 31.1. The van der Waals surface area contributed by atoms with Crippen LogP contribution >= 0.6 is 0 Å². The van der Waals surface area contributed by atoms with Gasteiger partial charge in [0.15, 0.2) is 5.78 Å². The Morgan fingerprint density at radius 3 is 2.02 bits per heavy atom. The molecule has 3 saturated heterocycles. The van der Waals surface area contributed by atoms with Crippen molar-refractivity contribution in [1.82, 2.24) is 35.6 Å². The molecule has 1 aromatic carbocycles. The van der Waals surface area contributed by atoms with Crippen LogP contribution in [0.2, 0.25) is 0 Å². The molecule has 0 radical (unpaired) electrons. The molecule has 0 bridgehead atoms. The number of amides is 7. The number of likely N-dealkylation sites (N-methyl/N-ethyl adjacent to an activating group) is 2. The van der Waals surface area contributed by atoms with Crippen molar-refractivity contribution in [3.05, 3.63) is 108 Å². The highest BCUT2D eigenvalue weighted by atomic mass is 16.5. The molecule has 0 saturated carbocycles. The SMILES string of the molecule is C[C@@H]1NC(=O)[C@H](C)N(C)C(=O)C2CCCN2C(=O)[C@@H](N(C)C(=O)[C@H](Cc2ccccc2)NC(=O)/C=C/C=C/C=C/C=C/C=C/C(=O)NC2=C(O)CCC2=O)COC(=O)C2CCCN2C1=O. The number of esters is 1. The predicted octanol–water partition coefficient (Wildman–Crippen LogP) is 1.46. The number of benzene rings is 1. The van der Waals surface area contributed by atoms with Gasteiger partial charge in [0, 0.05) is 58.6 Å². The van der Waals surface area contributed by atoms with Crippen LogP contribution in [-0.4, -0.2) is 148 Å². The number of aliphatic hydroxyl groups excluding tert-OH is 1. The summed E-state index contributed by atoms with van der Waals surface area (Å²) in [5.41, 5.74) is 0.628. The van der Waals surface area contributed by atoms with Crippen LogP contribution < -0.4 is 16.0 Å². The Hall–Kier alpha value is -7.11. The number of ether oxygens (including phenoxy) is 1. The van der Waals surface area contributed by atoms with Crippen LogP contribution in [0.15, 0.2) is 103 Å². The number of hydrogen-bond acceptors (Lipinski definition) is 11. The van der Waals surface area contributed by atoms with Crippen LogP contribution in [0.25, 0.3) is 0 Å². The van der Waals surface area contributed by atoms with Crippen LogP contribution in [0.5, 0.6) is 0 Å². The van der Waals surface area contributed by atoms with E-state index in [1.165, 1.54) is 66.9 Å². The van der Waals surface area contributed by atoms with Crippen molar-refractivity contribution in [2.24, 2.45) is 0 Å². The van der Waals surface area contributed by atoms with Crippen LogP contribution in [0, 0.1) is 0 Å². The maximum Gasteiger partial charge on any atom is 0.328 e. The van der Waals surface area contributed by atoms with Gasteiger partial charge in [0.2, 0.25) is 41.4 Å². The van der Waals surface area contributed by atoms with Gasteiger partial charge >= 0.3 is 5.97 Å². The Kier molecular flexibility index (Phi) is 17.3. The number of ketones is 1. The van der Waals surface area contributed by atoms with E-state index in [4.69, 9.17) is 4.74 Å². The van der Waals surface area contributed by atoms with E-state index in [2.05, 4.69) is 16.0 Å². The molecular formula is C47H57N7O11. The standard InChI is InChI=1S/C47H57N7O11/c1-30-43(60)54-27-17-21-35(54)47(64)65-29-36(46(63)53-26-16-20-34(53)45(62)51(3)31(2)42(59)48-30)52(4)44(61)33(28-32-18-12-11-13-19-32)49-39(57)22-14-9-7-5-6-8-10-15-23-40(58)50-41-37(55)24-25-38(41)56/h5-15,18-19,22-23,30-31,33-36,55H,16-17,20-21,24-29H2,1-4H3,(H,48,59)(H,49,57)(H,50,58)/b6-5+,9-7+,10-8+,22-14+,23-15+/t30-,31-,33-,34?,35?,36-/m0/s1. The summed E-state index contributed by atoms with van der Waals surface area (Å²) in [4.78, 5) is 125. The van der Waals surface area contributed by atoms with E-state index in [0.29, 0.717) is 24.8 Å². The molecule has 6 atom stereocenters. The third-order valence-electron chi connectivity index (χ3n) is 11.7. The summed E-state index contributed by atoms with van der Waals surface area (Å²) in [5, 5.41) is 17.5. The topological polar surface area (TPSA) is 232 Å². The molecule has 65 heavy (non-hydrogen) atoms. The summed E-state index contributed by atoms with van der Waals surface area (Å²) >= 11 is 0. The summed E-state index contributed by atoms with van der Waals surface area (Å²) in [6.07, 6.45) is 17.0. The van der Waals surface area contributed by atoms with Crippen LogP contribution in [0.3, 0.4) is 0 Å². The zero-order valence-electron chi connectivity index (χ0n) is 37.0. The van der Waals surface area contributed by atoms with Gasteiger partial charge in [-0.1, -0.05) is 78.9 Å².